The quantitative estimate of drug-likeness (QED) is 0.842. The lowest BCUT2D eigenvalue weighted by Gasteiger charge is -2.15. The molecule has 0 radical (unpaired) electrons. The molecule has 0 bridgehead atoms. The number of halogens is 1. The summed E-state index contributed by atoms with van der Waals surface area (Å²) in [5.41, 5.74) is 8.53. The average Bonchev–Trinajstić information content (AvgIpc) is 2.80. The number of hydrogen-bond acceptors (Lipinski definition) is 3. The Balaban J connectivity index is 2.31. The Morgan fingerprint density at radius 2 is 2.05 bits per heavy atom. The van der Waals surface area contributed by atoms with Crippen LogP contribution in [0.3, 0.4) is 0 Å². The van der Waals surface area contributed by atoms with E-state index in [1.54, 1.807) is 11.8 Å². The summed E-state index contributed by atoms with van der Waals surface area (Å²) in [7, 11) is 0. The predicted molar refractivity (Wildman–Crippen MR) is 84.5 cm³/mol. The van der Waals surface area contributed by atoms with E-state index in [2.05, 4.69) is 58.5 Å². The van der Waals surface area contributed by atoms with Crippen molar-refractivity contribution in [3.63, 3.8) is 0 Å². The Morgan fingerprint density at radius 1 is 1.37 bits per heavy atom. The molecule has 1 unspecified atom stereocenters. The van der Waals surface area contributed by atoms with E-state index in [4.69, 9.17) is 5.73 Å². The average molecular weight is 340 g/mol. The highest BCUT2D eigenvalue weighted by Gasteiger charge is 2.17. The number of aromatic nitrogens is 2. The molecule has 2 N–H and O–H groups in total. The fraction of sp³-hybridized carbons (Fsp3) is 0.357. The van der Waals surface area contributed by atoms with Crippen molar-refractivity contribution in [2.45, 2.75) is 30.8 Å². The van der Waals surface area contributed by atoms with E-state index in [1.807, 2.05) is 10.9 Å². The molecule has 2 rings (SSSR count). The molecule has 0 spiro atoms. The van der Waals surface area contributed by atoms with Crippen molar-refractivity contribution in [3.8, 4) is 0 Å². The van der Waals surface area contributed by atoms with E-state index in [1.165, 1.54) is 4.90 Å². The maximum atomic E-state index is 6.39. The summed E-state index contributed by atoms with van der Waals surface area (Å²) in [5, 5.41) is 4.37. The topological polar surface area (TPSA) is 43.8 Å². The smallest absolute Gasteiger partial charge is 0.0738 e. The summed E-state index contributed by atoms with van der Waals surface area (Å²) in [5.74, 6) is 0. The fourth-order valence-electron chi connectivity index (χ4n) is 2.04. The molecule has 5 heteroatoms. The molecule has 0 fully saturated rings. The van der Waals surface area contributed by atoms with E-state index in [-0.39, 0.29) is 6.04 Å². The molecule has 0 aliphatic rings. The number of nitrogens with two attached hydrogens (primary N) is 1. The Labute approximate surface area is 126 Å². The van der Waals surface area contributed by atoms with Crippen molar-refractivity contribution in [2.24, 2.45) is 5.73 Å². The van der Waals surface area contributed by atoms with Gasteiger partial charge in [0.15, 0.2) is 0 Å². The van der Waals surface area contributed by atoms with Crippen LogP contribution < -0.4 is 5.73 Å². The van der Waals surface area contributed by atoms with Gasteiger partial charge in [-0.3, -0.25) is 4.68 Å². The second-order valence-corrected chi connectivity index (χ2v) is 6.09. The number of rotatable bonds is 5. The van der Waals surface area contributed by atoms with Gasteiger partial charge in [-0.05, 0) is 46.3 Å². The van der Waals surface area contributed by atoms with Crippen LogP contribution in [-0.2, 0) is 6.54 Å². The van der Waals surface area contributed by atoms with Crippen LogP contribution in [0.1, 0.15) is 30.6 Å². The lowest BCUT2D eigenvalue weighted by molar-refractivity contribution is 0.559. The summed E-state index contributed by atoms with van der Waals surface area (Å²) < 4.78 is 2.96. The Morgan fingerprint density at radius 3 is 2.63 bits per heavy atom. The van der Waals surface area contributed by atoms with Gasteiger partial charge in [-0.25, -0.2) is 0 Å². The zero-order valence-electron chi connectivity index (χ0n) is 11.1. The summed E-state index contributed by atoms with van der Waals surface area (Å²) >= 11 is 5.28. The number of benzene rings is 1. The van der Waals surface area contributed by atoms with Crippen molar-refractivity contribution in [2.75, 3.05) is 6.26 Å². The highest BCUT2D eigenvalue weighted by Crippen LogP contribution is 2.28. The zero-order valence-corrected chi connectivity index (χ0v) is 13.5. The van der Waals surface area contributed by atoms with Crippen LogP contribution in [0, 0.1) is 0 Å². The van der Waals surface area contributed by atoms with Gasteiger partial charge in [0.25, 0.3) is 0 Å². The van der Waals surface area contributed by atoms with Crippen molar-refractivity contribution in [1.82, 2.24) is 9.78 Å². The van der Waals surface area contributed by atoms with Crippen LogP contribution in [0.4, 0.5) is 0 Å². The third-order valence-electron chi connectivity index (χ3n) is 3.04. The first-order valence-electron chi connectivity index (χ1n) is 6.28. The van der Waals surface area contributed by atoms with E-state index >= 15 is 0 Å². The van der Waals surface area contributed by atoms with E-state index in [0.717, 1.165) is 28.7 Å². The van der Waals surface area contributed by atoms with Crippen LogP contribution in [0.15, 0.2) is 39.8 Å². The molecule has 2 aromatic rings. The molecule has 0 amide bonds. The molecular weight excluding hydrogens is 322 g/mol. The van der Waals surface area contributed by atoms with Crippen molar-refractivity contribution in [3.05, 3.63) is 46.2 Å². The lowest BCUT2D eigenvalue weighted by Crippen LogP contribution is -2.18. The maximum Gasteiger partial charge on any atom is 0.0738 e. The number of thioether (sulfide) groups is 1. The number of aryl methyl sites for hydroxylation is 1. The van der Waals surface area contributed by atoms with Crippen molar-refractivity contribution >= 4 is 27.7 Å². The molecule has 0 aliphatic heterocycles. The summed E-state index contributed by atoms with van der Waals surface area (Å²) in [6.45, 7) is 3.02. The summed E-state index contributed by atoms with van der Waals surface area (Å²) in [6, 6.07) is 8.24. The van der Waals surface area contributed by atoms with Gasteiger partial charge in [0.2, 0.25) is 0 Å². The van der Waals surface area contributed by atoms with Crippen molar-refractivity contribution < 1.29 is 0 Å². The minimum atomic E-state index is -0.153. The number of hydrogen-bond donors (Lipinski definition) is 1. The number of nitrogens with zero attached hydrogens (tertiary/aromatic N) is 2. The molecule has 1 aromatic carbocycles. The minimum absolute atomic E-state index is 0.153. The fourth-order valence-corrected chi connectivity index (χ4v) is 2.99. The van der Waals surface area contributed by atoms with Gasteiger partial charge in [-0.2, -0.15) is 5.10 Å². The van der Waals surface area contributed by atoms with Crippen LogP contribution >= 0.6 is 27.7 Å². The monoisotopic (exact) mass is 339 g/mol. The maximum absolute atomic E-state index is 6.39. The molecule has 19 heavy (non-hydrogen) atoms. The highest BCUT2D eigenvalue weighted by atomic mass is 79.9. The third-order valence-corrected chi connectivity index (χ3v) is 4.39. The standard InChI is InChI=1S/C14H18BrN3S/c1-3-8-18-14(12(15)9-17-18)13(16)10-4-6-11(19-2)7-5-10/h4-7,9,13H,3,8,16H2,1-2H3. The Bertz CT molecular complexity index is 536. The van der Waals surface area contributed by atoms with Gasteiger partial charge in [0.1, 0.15) is 0 Å². The largest absolute Gasteiger partial charge is 0.319 e. The molecule has 1 heterocycles. The summed E-state index contributed by atoms with van der Waals surface area (Å²) in [6.07, 6.45) is 4.93. The summed E-state index contributed by atoms with van der Waals surface area (Å²) in [4.78, 5) is 1.25. The predicted octanol–water partition coefficient (Wildman–Crippen LogP) is 3.83. The SMILES string of the molecule is CCCn1ncc(Br)c1C(N)c1ccc(SC)cc1. The second-order valence-electron chi connectivity index (χ2n) is 4.35. The van der Waals surface area contributed by atoms with E-state index in [0.29, 0.717) is 0 Å². The molecule has 102 valence electrons. The van der Waals surface area contributed by atoms with Gasteiger partial charge in [-0.1, -0.05) is 19.1 Å². The minimum Gasteiger partial charge on any atom is -0.319 e. The Kier molecular flexibility index (Phi) is 5.07. The second kappa shape index (κ2) is 6.59. The first-order valence-corrected chi connectivity index (χ1v) is 8.29. The third kappa shape index (κ3) is 3.22. The van der Waals surface area contributed by atoms with Gasteiger partial charge in [0, 0.05) is 11.4 Å². The normalized spacial score (nSPS) is 12.6. The van der Waals surface area contributed by atoms with Gasteiger partial charge < -0.3 is 5.73 Å². The zero-order chi connectivity index (χ0) is 13.8. The van der Waals surface area contributed by atoms with Crippen LogP contribution in [-0.4, -0.2) is 16.0 Å². The van der Waals surface area contributed by atoms with Gasteiger partial charge in [0.05, 0.1) is 22.4 Å². The van der Waals surface area contributed by atoms with Gasteiger partial charge >= 0.3 is 0 Å². The van der Waals surface area contributed by atoms with Crippen LogP contribution in [0.5, 0.6) is 0 Å². The molecule has 1 atom stereocenters. The molecule has 0 aliphatic carbocycles. The highest BCUT2D eigenvalue weighted by molar-refractivity contribution is 9.10. The molecular formula is C14H18BrN3S. The van der Waals surface area contributed by atoms with E-state index < -0.39 is 0 Å². The Hall–Kier alpha value is -0.780. The van der Waals surface area contributed by atoms with Crippen molar-refractivity contribution in [1.29, 1.82) is 0 Å². The molecule has 0 saturated heterocycles. The first-order chi connectivity index (χ1) is 9.17. The lowest BCUT2D eigenvalue weighted by atomic mass is 10.0. The van der Waals surface area contributed by atoms with Crippen LogP contribution in [0.2, 0.25) is 0 Å². The first kappa shape index (κ1) is 14.6. The molecule has 1 aromatic heterocycles. The van der Waals surface area contributed by atoms with Gasteiger partial charge in [-0.15, -0.1) is 11.8 Å². The van der Waals surface area contributed by atoms with E-state index in [9.17, 15) is 0 Å². The molecule has 3 nitrogen and oxygen atoms in total. The molecule has 0 saturated carbocycles. The van der Waals surface area contributed by atoms with Crippen LogP contribution in [0.25, 0.3) is 0 Å².